The van der Waals surface area contributed by atoms with Crippen LogP contribution in [0.2, 0.25) is 0 Å². The summed E-state index contributed by atoms with van der Waals surface area (Å²) in [4.78, 5) is 27.1. The molecule has 0 radical (unpaired) electrons. The zero-order valence-electron chi connectivity index (χ0n) is 22.7. The van der Waals surface area contributed by atoms with Gasteiger partial charge in [-0.15, -0.1) is 0 Å². The molecule has 216 valence electrons. The standard InChI is InChI=1S/C28H30F6N4O2/c1-6-11-37(25(40)18-12-19(27(29,30)31)14-20(13-18)28(32,33)34)16-24(39)35-23-15-22(26(3,4)5)36-38(23)21-9-7-17(2)8-10-21/h7-10,12-15H,6,11,16H2,1-5H3,(H,35,39). The van der Waals surface area contributed by atoms with Crippen LogP contribution in [0.15, 0.2) is 48.5 Å². The van der Waals surface area contributed by atoms with Crippen molar-refractivity contribution >= 4 is 17.6 Å². The molecule has 3 aromatic rings. The first-order valence-electron chi connectivity index (χ1n) is 12.5. The normalized spacial score (nSPS) is 12.4. The third-order valence-corrected chi connectivity index (χ3v) is 5.97. The zero-order chi connectivity index (χ0) is 30.0. The second kappa shape index (κ2) is 11.3. The van der Waals surface area contributed by atoms with E-state index in [4.69, 9.17) is 0 Å². The van der Waals surface area contributed by atoms with Gasteiger partial charge in [-0.1, -0.05) is 45.4 Å². The number of nitrogens with one attached hydrogen (secondary N) is 1. The van der Waals surface area contributed by atoms with Crippen LogP contribution >= 0.6 is 0 Å². The van der Waals surface area contributed by atoms with Crippen molar-refractivity contribution in [3.05, 3.63) is 76.5 Å². The first-order chi connectivity index (χ1) is 18.4. The highest BCUT2D eigenvalue weighted by Gasteiger charge is 2.38. The zero-order valence-corrected chi connectivity index (χ0v) is 22.7. The molecule has 3 rings (SSSR count). The van der Waals surface area contributed by atoms with E-state index >= 15 is 0 Å². The van der Waals surface area contributed by atoms with Crippen molar-refractivity contribution in [2.75, 3.05) is 18.4 Å². The Morgan fingerprint density at radius 3 is 1.93 bits per heavy atom. The summed E-state index contributed by atoms with van der Waals surface area (Å²) in [6, 6.07) is 9.70. The van der Waals surface area contributed by atoms with Crippen LogP contribution in [-0.4, -0.2) is 39.6 Å². The third kappa shape index (κ3) is 7.42. The Labute approximate surface area is 228 Å². The molecule has 0 aliphatic rings. The van der Waals surface area contributed by atoms with E-state index in [-0.39, 0.29) is 18.0 Å². The van der Waals surface area contributed by atoms with Crippen molar-refractivity contribution in [3.63, 3.8) is 0 Å². The number of alkyl halides is 6. The summed E-state index contributed by atoms with van der Waals surface area (Å²) >= 11 is 0. The molecule has 0 saturated carbocycles. The number of carbonyl (C=O) groups is 2. The van der Waals surface area contributed by atoms with Gasteiger partial charge >= 0.3 is 12.4 Å². The van der Waals surface area contributed by atoms with Crippen molar-refractivity contribution in [1.82, 2.24) is 14.7 Å². The number of aromatic nitrogens is 2. The first kappa shape index (κ1) is 30.7. The number of anilines is 1. The number of nitrogens with zero attached hydrogens (tertiary/aromatic N) is 3. The summed E-state index contributed by atoms with van der Waals surface area (Å²) in [5, 5.41) is 7.30. The smallest absolute Gasteiger partial charge is 0.329 e. The Balaban J connectivity index is 1.93. The maximum atomic E-state index is 13.3. The Bertz CT molecular complexity index is 1340. The molecule has 0 aliphatic heterocycles. The average molecular weight is 569 g/mol. The first-order valence-corrected chi connectivity index (χ1v) is 12.5. The number of carbonyl (C=O) groups excluding carboxylic acids is 2. The van der Waals surface area contributed by atoms with E-state index in [0.717, 1.165) is 10.5 Å². The highest BCUT2D eigenvalue weighted by atomic mass is 19.4. The second-order valence-corrected chi connectivity index (χ2v) is 10.5. The van der Waals surface area contributed by atoms with Crippen molar-refractivity contribution < 1.29 is 35.9 Å². The minimum atomic E-state index is -5.11. The number of halogens is 6. The van der Waals surface area contributed by atoms with Gasteiger partial charge in [0.1, 0.15) is 12.4 Å². The summed E-state index contributed by atoms with van der Waals surface area (Å²) in [6.07, 6.45) is -9.91. The monoisotopic (exact) mass is 568 g/mol. The number of benzene rings is 2. The van der Waals surface area contributed by atoms with E-state index in [1.165, 1.54) is 4.68 Å². The van der Waals surface area contributed by atoms with Gasteiger partial charge in [0.2, 0.25) is 5.91 Å². The molecule has 0 fully saturated rings. The predicted octanol–water partition coefficient (Wildman–Crippen LogP) is 7.01. The van der Waals surface area contributed by atoms with Crippen LogP contribution in [0, 0.1) is 6.92 Å². The van der Waals surface area contributed by atoms with Crippen molar-refractivity contribution in [2.24, 2.45) is 0 Å². The van der Waals surface area contributed by atoms with Gasteiger partial charge < -0.3 is 10.2 Å². The lowest BCUT2D eigenvalue weighted by atomic mass is 9.92. The molecule has 2 aromatic carbocycles. The summed E-state index contributed by atoms with van der Waals surface area (Å²) < 4.78 is 81.5. The molecule has 12 heteroatoms. The summed E-state index contributed by atoms with van der Waals surface area (Å²) in [5.41, 5.74) is -2.08. The summed E-state index contributed by atoms with van der Waals surface area (Å²) in [5.74, 6) is -1.53. The topological polar surface area (TPSA) is 67.2 Å². The van der Waals surface area contributed by atoms with Crippen LogP contribution in [0.1, 0.15) is 66.9 Å². The van der Waals surface area contributed by atoms with Crippen molar-refractivity contribution in [2.45, 2.75) is 58.8 Å². The number of amides is 2. The molecule has 6 nitrogen and oxygen atoms in total. The Hall–Kier alpha value is -3.83. The lowest BCUT2D eigenvalue weighted by Gasteiger charge is -2.23. The van der Waals surface area contributed by atoms with Gasteiger partial charge in [-0.3, -0.25) is 9.59 Å². The Kier molecular flexibility index (Phi) is 8.71. The van der Waals surface area contributed by atoms with E-state index in [2.05, 4.69) is 10.4 Å². The Morgan fingerprint density at radius 2 is 1.45 bits per heavy atom. The minimum Gasteiger partial charge on any atom is -0.329 e. The maximum Gasteiger partial charge on any atom is 0.416 e. The van der Waals surface area contributed by atoms with Gasteiger partial charge in [0, 0.05) is 23.6 Å². The highest BCUT2D eigenvalue weighted by molar-refractivity contribution is 5.99. The number of rotatable bonds is 7. The molecular formula is C28H30F6N4O2. The number of hydrogen-bond donors (Lipinski definition) is 1. The van der Waals surface area contributed by atoms with Crippen molar-refractivity contribution in [1.29, 1.82) is 0 Å². The largest absolute Gasteiger partial charge is 0.416 e. The average Bonchev–Trinajstić information content (AvgIpc) is 3.26. The predicted molar refractivity (Wildman–Crippen MR) is 138 cm³/mol. The van der Waals surface area contributed by atoms with Crippen LogP contribution < -0.4 is 5.32 Å². The van der Waals surface area contributed by atoms with Crippen LogP contribution in [0.5, 0.6) is 0 Å². The van der Waals surface area contributed by atoms with Gasteiger partial charge in [-0.2, -0.15) is 31.4 Å². The fourth-order valence-corrected chi connectivity index (χ4v) is 3.86. The van der Waals surface area contributed by atoms with Crippen LogP contribution in [0.3, 0.4) is 0 Å². The highest BCUT2D eigenvalue weighted by Crippen LogP contribution is 2.36. The SMILES string of the molecule is CCCN(CC(=O)Nc1cc(C(C)(C)C)nn1-c1ccc(C)cc1)C(=O)c1cc(C(F)(F)F)cc(C(F)(F)F)c1. The maximum absolute atomic E-state index is 13.3. The number of hydrogen-bond acceptors (Lipinski definition) is 3. The van der Waals surface area contributed by atoms with Crippen LogP contribution in [0.4, 0.5) is 32.2 Å². The van der Waals surface area contributed by atoms with E-state index in [1.54, 1.807) is 13.0 Å². The molecule has 0 aliphatic carbocycles. The van der Waals surface area contributed by atoms with E-state index in [1.807, 2.05) is 52.0 Å². The summed E-state index contributed by atoms with van der Waals surface area (Å²) in [7, 11) is 0. The van der Waals surface area contributed by atoms with E-state index in [9.17, 15) is 35.9 Å². The van der Waals surface area contributed by atoms with Gasteiger partial charge in [0.15, 0.2) is 0 Å². The molecule has 1 N–H and O–H groups in total. The fourth-order valence-electron chi connectivity index (χ4n) is 3.86. The lowest BCUT2D eigenvalue weighted by Crippen LogP contribution is -2.39. The molecule has 0 saturated heterocycles. The molecular weight excluding hydrogens is 538 g/mol. The molecule has 0 bridgehead atoms. The molecule has 0 spiro atoms. The van der Waals surface area contributed by atoms with E-state index < -0.39 is 47.4 Å². The van der Waals surface area contributed by atoms with Gasteiger partial charge in [0.05, 0.1) is 22.5 Å². The second-order valence-electron chi connectivity index (χ2n) is 10.5. The van der Waals surface area contributed by atoms with Crippen LogP contribution in [-0.2, 0) is 22.6 Å². The molecule has 0 atom stereocenters. The quantitative estimate of drug-likeness (QED) is 0.312. The third-order valence-electron chi connectivity index (χ3n) is 5.97. The molecule has 40 heavy (non-hydrogen) atoms. The van der Waals surface area contributed by atoms with Gasteiger partial charge in [-0.25, -0.2) is 4.68 Å². The molecule has 1 aromatic heterocycles. The minimum absolute atomic E-state index is 0.0489. The van der Waals surface area contributed by atoms with Crippen LogP contribution in [0.25, 0.3) is 5.69 Å². The van der Waals surface area contributed by atoms with Gasteiger partial charge in [0.25, 0.3) is 5.91 Å². The van der Waals surface area contributed by atoms with E-state index in [0.29, 0.717) is 35.8 Å². The van der Waals surface area contributed by atoms with Crippen molar-refractivity contribution in [3.8, 4) is 5.69 Å². The molecule has 2 amide bonds. The summed E-state index contributed by atoms with van der Waals surface area (Å²) in [6.45, 7) is 8.71. The lowest BCUT2D eigenvalue weighted by molar-refractivity contribution is -0.143. The van der Waals surface area contributed by atoms with Gasteiger partial charge in [-0.05, 0) is 43.7 Å². The fraction of sp³-hybridized carbons (Fsp3) is 0.393. The molecule has 0 unspecified atom stereocenters. The number of aryl methyl sites for hydroxylation is 1. The Morgan fingerprint density at radius 1 is 0.900 bits per heavy atom. The molecule has 1 heterocycles.